The van der Waals surface area contributed by atoms with Gasteiger partial charge in [-0.25, -0.2) is 4.98 Å². The highest BCUT2D eigenvalue weighted by molar-refractivity contribution is 5.82. The van der Waals surface area contributed by atoms with Crippen LogP contribution < -0.4 is 10.2 Å². The molecular weight excluding hydrogens is 212 g/mol. The van der Waals surface area contributed by atoms with Gasteiger partial charge in [-0.05, 0) is 30.8 Å². The first-order valence-corrected chi connectivity index (χ1v) is 5.36. The molecule has 86 valence electrons. The van der Waals surface area contributed by atoms with E-state index in [0.717, 1.165) is 22.7 Å². The van der Waals surface area contributed by atoms with E-state index in [4.69, 9.17) is 5.26 Å². The molecule has 0 fully saturated rings. The number of nitrogens with one attached hydrogen (secondary N) is 1. The molecule has 0 saturated carbocycles. The number of nitrogens with zero attached hydrogens (tertiary/aromatic N) is 3. The maximum atomic E-state index is 8.89. The summed E-state index contributed by atoms with van der Waals surface area (Å²) in [5.74, 6) is 0. The van der Waals surface area contributed by atoms with Gasteiger partial charge in [0.15, 0.2) is 0 Å². The average Bonchev–Trinajstić information content (AvgIpc) is 2.35. The van der Waals surface area contributed by atoms with Gasteiger partial charge in [-0.15, -0.1) is 0 Å². The first-order chi connectivity index (χ1) is 8.17. The van der Waals surface area contributed by atoms with Crippen molar-refractivity contribution in [2.75, 3.05) is 25.5 Å². The number of pyridine rings is 1. The molecule has 1 N–H and O–H groups in total. The minimum absolute atomic E-state index is 0.437. The minimum Gasteiger partial charge on any atom is -0.343 e. The van der Waals surface area contributed by atoms with E-state index in [1.807, 2.05) is 31.1 Å². The van der Waals surface area contributed by atoms with Gasteiger partial charge in [0, 0.05) is 19.3 Å². The summed E-state index contributed by atoms with van der Waals surface area (Å²) in [4.78, 5) is 6.34. The summed E-state index contributed by atoms with van der Waals surface area (Å²) >= 11 is 0. The van der Waals surface area contributed by atoms with Gasteiger partial charge in [0.1, 0.15) is 11.8 Å². The van der Waals surface area contributed by atoms with Crippen LogP contribution in [-0.2, 0) is 0 Å². The third-order valence-electron chi connectivity index (χ3n) is 2.79. The number of rotatable bonds is 2. The van der Waals surface area contributed by atoms with Crippen molar-refractivity contribution in [3.05, 3.63) is 41.9 Å². The molecule has 4 nitrogen and oxygen atoms in total. The molecule has 0 bridgehead atoms. The van der Waals surface area contributed by atoms with E-state index in [0.29, 0.717) is 12.2 Å². The van der Waals surface area contributed by atoms with E-state index >= 15 is 0 Å². The zero-order valence-electron chi connectivity index (χ0n) is 9.99. The molecule has 0 spiro atoms. The molecule has 1 aliphatic heterocycles. The van der Waals surface area contributed by atoms with Gasteiger partial charge >= 0.3 is 0 Å². The van der Waals surface area contributed by atoms with Gasteiger partial charge in [0.2, 0.25) is 0 Å². The first kappa shape index (κ1) is 11.4. The number of fused-ring (bicyclic) bond motifs is 1. The minimum atomic E-state index is 0.437. The molecule has 0 amide bonds. The second kappa shape index (κ2) is 4.40. The molecule has 0 aliphatic carbocycles. The molecule has 0 saturated heterocycles. The Labute approximate surface area is 101 Å². The number of likely N-dealkylation sites (N-methyl/N-ethyl adjacent to an activating group) is 2. The molecule has 2 heterocycles. The Hall–Kier alpha value is -2.12. The average molecular weight is 226 g/mol. The number of aromatic nitrogens is 1. The van der Waals surface area contributed by atoms with Crippen LogP contribution in [0.1, 0.15) is 11.4 Å². The molecule has 0 radical (unpaired) electrons. The lowest BCUT2D eigenvalue weighted by Gasteiger charge is -2.28. The second-order valence-electron chi connectivity index (χ2n) is 3.93. The van der Waals surface area contributed by atoms with E-state index in [9.17, 15) is 0 Å². The first-order valence-electron chi connectivity index (χ1n) is 5.36. The zero-order chi connectivity index (χ0) is 12.4. The van der Waals surface area contributed by atoms with Gasteiger partial charge in [0.25, 0.3) is 0 Å². The van der Waals surface area contributed by atoms with E-state index in [1.54, 1.807) is 6.07 Å². The van der Waals surface area contributed by atoms with Crippen LogP contribution in [0.3, 0.4) is 0 Å². The monoisotopic (exact) mass is 226 g/mol. The molecule has 1 aromatic rings. The van der Waals surface area contributed by atoms with Crippen LogP contribution in [-0.4, -0.2) is 25.6 Å². The van der Waals surface area contributed by atoms with E-state index < -0.39 is 0 Å². The Morgan fingerprint density at radius 1 is 1.53 bits per heavy atom. The highest BCUT2D eigenvalue weighted by atomic mass is 15.1. The van der Waals surface area contributed by atoms with Crippen molar-refractivity contribution in [3.63, 3.8) is 0 Å². The van der Waals surface area contributed by atoms with E-state index in [-0.39, 0.29) is 0 Å². The molecule has 0 aromatic carbocycles. The van der Waals surface area contributed by atoms with Crippen LogP contribution in [0.25, 0.3) is 5.57 Å². The number of anilines is 1. The molecule has 17 heavy (non-hydrogen) atoms. The van der Waals surface area contributed by atoms with Crippen molar-refractivity contribution in [1.82, 2.24) is 10.3 Å². The van der Waals surface area contributed by atoms with E-state index in [1.165, 1.54) is 0 Å². The van der Waals surface area contributed by atoms with Gasteiger partial charge in [-0.2, -0.15) is 5.26 Å². The third kappa shape index (κ3) is 1.93. The summed E-state index contributed by atoms with van der Waals surface area (Å²) in [5, 5.41) is 12.0. The zero-order valence-corrected chi connectivity index (χ0v) is 9.99. The van der Waals surface area contributed by atoms with Crippen LogP contribution in [0, 0.1) is 11.3 Å². The summed E-state index contributed by atoms with van der Waals surface area (Å²) in [7, 11) is 3.83. The molecule has 2 rings (SSSR count). The predicted octanol–water partition coefficient (Wildman–Crippen LogP) is 1.52. The fraction of sp³-hybridized carbons (Fsp3) is 0.231. The van der Waals surface area contributed by atoms with Crippen molar-refractivity contribution in [2.45, 2.75) is 0 Å². The van der Waals surface area contributed by atoms with Crippen LogP contribution >= 0.6 is 0 Å². The van der Waals surface area contributed by atoms with Crippen LogP contribution in [0.5, 0.6) is 0 Å². The number of hydrogen-bond acceptors (Lipinski definition) is 4. The Balaban J connectivity index is 2.57. The van der Waals surface area contributed by atoms with Crippen LogP contribution in [0.2, 0.25) is 0 Å². The predicted molar refractivity (Wildman–Crippen MR) is 68.4 cm³/mol. The maximum Gasteiger partial charge on any atom is 0.141 e. The highest BCUT2D eigenvalue weighted by Gasteiger charge is 2.19. The van der Waals surface area contributed by atoms with Crippen molar-refractivity contribution >= 4 is 11.3 Å². The number of allylic oxidation sites excluding steroid dienone is 1. The summed E-state index contributed by atoms with van der Waals surface area (Å²) in [5.41, 5.74) is 4.26. The lowest BCUT2D eigenvalue weighted by Crippen LogP contribution is -2.23. The molecule has 0 unspecified atom stereocenters. The number of hydrogen-bond donors (Lipinski definition) is 1. The summed E-state index contributed by atoms with van der Waals surface area (Å²) < 4.78 is 0. The molecular formula is C13H14N4. The van der Waals surface area contributed by atoms with Gasteiger partial charge in [-0.3, -0.25) is 0 Å². The third-order valence-corrected chi connectivity index (χ3v) is 2.79. The number of nitriles is 1. The Kier molecular flexibility index (Phi) is 2.94. The topological polar surface area (TPSA) is 52.0 Å². The fourth-order valence-corrected chi connectivity index (χ4v) is 1.87. The van der Waals surface area contributed by atoms with Crippen LogP contribution in [0.4, 0.5) is 5.69 Å². The lowest BCUT2D eigenvalue weighted by atomic mass is 10.0. The standard InChI is InChI=1S/C13H14N4/c1-9-6-10(8-15-2)13-12(17(9)3)5-4-11(7-14)16-13/h4-6,15H,1,8H2,2-3H3. The highest BCUT2D eigenvalue weighted by Crippen LogP contribution is 2.32. The molecule has 0 atom stereocenters. The van der Waals surface area contributed by atoms with Crippen LogP contribution in [0.15, 0.2) is 30.5 Å². The maximum absolute atomic E-state index is 8.89. The smallest absolute Gasteiger partial charge is 0.141 e. The quantitative estimate of drug-likeness (QED) is 0.830. The molecule has 4 heteroatoms. The summed E-state index contributed by atoms with van der Waals surface area (Å²) in [6.45, 7) is 4.71. The normalized spacial score (nSPS) is 14.1. The van der Waals surface area contributed by atoms with Gasteiger partial charge < -0.3 is 10.2 Å². The van der Waals surface area contributed by atoms with Crippen molar-refractivity contribution in [1.29, 1.82) is 5.26 Å². The van der Waals surface area contributed by atoms with Crippen molar-refractivity contribution < 1.29 is 0 Å². The molecule has 1 aromatic heterocycles. The van der Waals surface area contributed by atoms with Gasteiger partial charge in [0.05, 0.1) is 11.4 Å². The van der Waals surface area contributed by atoms with Gasteiger partial charge in [-0.1, -0.05) is 6.58 Å². The SMILES string of the molecule is C=C1C=C(CNC)c2nc(C#N)ccc2N1C. The second-order valence-corrected chi connectivity index (χ2v) is 3.93. The molecule has 1 aliphatic rings. The summed E-state index contributed by atoms with van der Waals surface area (Å²) in [6.07, 6.45) is 1.99. The summed E-state index contributed by atoms with van der Waals surface area (Å²) in [6, 6.07) is 5.70. The largest absolute Gasteiger partial charge is 0.343 e. The lowest BCUT2D eigenvalue weighted by molar-refractivity contribution is 0.917. The Bertz CT molecular complexity index is 537. The van der Waals surface area contributed by atoms with E-state index in [2.05, 4.69) is 22.9 Å². The fourth-order valence-electron chi connectivity index (χ4n) is 1.87. The van der Waals surface area contributed by atoms with Crippen molar-refractivity contribution in [3.8, 4) is 6.07 Å². The van der Waals surface area contributed by atoms with Crippen molar-refractivity contribution in [2.24, 2.45) is 0 Å². The Morgan fingerprint density at radius 2 is 2.29 bits per heavy atom. The Morgan fingerprint density at radius 3 is 2.94 bits per heavy atom.